The molecule has 1 aromatic rings. The lowest BCUT2D eigenvalue weighted by Crippen LogP contribution is -2.64. The summed E-state index contributed by atoms with van der Waals surface area (Å²) in [6, 6.07) is 2.54. The van der Waals surface area contributed by atoms with Crippen molar-refractivity contribution in [3.8, 4) is 0 Å². The van der Waals surface area contributed by atoms with Crippen LogP contribution < -0.4 is 5.32 Å². The van der Waals surface area contributed by atoms with Gasteiger partial charge in [0.1, 0.15) is 0 Å². The average molecular weight is 265 g/mol. The highest BCUT2D eigenvalue weighted by Gasteiger charge is 2.37. The van der Waals surface area contributed by atoms with Gasteiger partial charge in [-0.1, -0.05) is 32.9 Å². The predicted octanol–water partition coefficient (Wildman–Crippen LogP) is 2.66. The molecule has 4 heteroatoms. The van der Waals surface area contributed by atoms with Crippen molar-refractivity contribution in [3.63, 3.8) is 0 Å². The topological polar surface area (TPSA) is 41.3 Å². The largest absolute Gasteiger partial charge is 0.360 e. The fourth-order valence-corrected chi connectivity index (χ4v) is 3.09. The Kier molecular flexibility index (Phi) is 4.63. The van der Waals surface area contributed by atoms with E-state index in [-0.39, 0.29) is 5.54 Å². The van der Waals surface area contributed by atoms with E-state index in [4.69, 9.17) is 4.52 Å². The van der Waals surface area contributed by atoms with Crippen LogP contribution in [0.2, 0.25) is 0 Å². The molecule has 0 aliphatic carbocycles. The molecule has 1 saturated heterocycles. The summed E-state index contributed by atoms with van der Waals surface area (Å²) in [5.74, 6) is 1.61. The van der Waals surface area contributed by atoms with Gasteiger partial charge in [-0.05, 0) is 18.8 Å². The maximum atomic E-state index is 5.29. The zero-order valence-electron chi connectivity index (χ0n) is 12.6. The van der Waals surface area contributed by atoms with Crippen LogP contribution in [0.1, 0.15) is 46.3 Å². The van der Waals surface area contributed by atoms with Gasteiger partial charge in [-0.3, -0.25) is 4.90 Å². The molecule has 1 N–H and O–H groups in total. The highest BCUT2D eigenvalue weighted by molar-refractivity contribution is 5.01. The first-order chi connectivity index (χ1) is 9.10. The first-order valence-electron chi connectivity index (χ1n) is 7.49. The van der Waals surface area contributed by atoms with Gasteiger partial charge in [-0.2, -0.15) is 0 Å². The summed E-state index contributed by atoms with van der Waals surface area (Å²) >= 11 is 0. The van der Waals surface area contributed by atoms with Gasteiger partial charge < -0.3 is 9.84 Å². The van der Waals surface area contributed by atoms with Crippen molar-refractivity contribution in [1.82, 2.24) is 15.4 Å². The smallest absolute Gasteiger partial charge is 0.150 e. The molecule has 1 unspecified atom stereocenters. The van der Waals surface area contributed by atoms with Crippen LogP contribution in [0.25, 0.3) is 0 Å². The van der Waals surface area contributed by atoms with E-state index in [1.807, 2.05) is 6.07 Å². The maximum absolute atomic E-state index is 5.29. The molecule has 4 nitrogen and oxygen atoms in total. The molecule has 1 fully saturated rings. The number of aromatic nitrogens is 1. The Labute approximate surface area is 116 Å². The van der Waals surface area contributed by atoms with Crippen LogP contribution in [0.15, 0.2) is 16.8 Å². The van der Waals surface area contributed by atoms with Crippen molar-refractivity contribution in [2.24, 2.45) is 5.92 Å². The monoisotopic (exact) mass is 265 g/mol. The lowest BCUT2D eigenvalue weighted by atomic mass is 9.86. The Morgan fingerprint density at radius 1 is 1.47 bits per heavy atom. The van der Waals surface area contributed by atoms with Gasteiger partial charge in [0, 0.05) is 30.7 Å². The number of rotatable bonds is 5. The fourth-order valence-electron chi connectivity index (χ4n) is 3.09. The molecule has 1 aliphatic rings. The summed E-state index contributed by atoms with van der Waals surface area (Å²) in [5, 5.41) is 7.60. The van der Waals surface area contributed by atoms with Crippen LogP contribution in [-0.2, 0) is 6.54 Å². The van der Waals surface area contributed by atoms with Gasteiger partial charge in [0.25, 0.3) is 0 Å². The van der Waals surface area contributed by atoms with E-state index in [0.29, 0.717) is 12.0 Å². The first-order valence-corrected chi connectivity index (χ1v) is 7.49. The Hall–Kier alpha value is -0.870. The van der Waals surface area contributed by atoms with E-state index < -0.39 is 0 Å². The molecule has 0 aromatic carbocycles. The van der Waals surface area contributed by atoms with Crippen LogP contribution in [0.3, 0.4) is 0 Å². The molecule has 0 spiro atoms. The fraction of sp³-hybridized carbons (Fsp3) is 0.800. The second kappa shape index (κ2) is 6.06. The van der Waals surface area contributed by atoms with Gasteiger partial charge in [-0.15, -0.1) is 0 Å². The maximum Gasteiger partial charge on any atom is 0.150 e. The predicted molar refractivity (Wildman–Crippen MR) is 76.9 cm³/mol. The average Bonchev–Trinajstić information content (AvgIpc) is 2.91. The summed E-state index contributed by atoms with van der Waals surface area (Å²) in [7, 11) is 0. The minimum absolute atomic E-state index is 0.255. The molecule has 19 heavy (non-hydrogen) atoms. The minimum Gasteiger partial charge on any atom is -0.360 e. The molecule has 1 aromatic heterocycles. The molecule has 0 amide bonds. The van der Waals surface area contributed by atoms with Crippen molar-refractivity contribution >= 4 is 0 Å². The third-order valence-electron chi connectivity index (χ3n) is 4.63. The van der Waals surface area contributed by atoms with Gasteiger partial charge >= 0.3 is 0 Å². The molecule has 0 bridgehead atoms. The molecular formula is C15H27N3O. The van der Waals surface area contributed by atoms with Gasteiger partial charge in [0.2, 0.25) is 0 Å². The van der Waals surface area contributed by atoms with E-state index in [1.54, 1.807) is 6.20 Å². The molecule has 1 atom stereocenters. The lowest BCUT2D eigenvalue weighted by Gasteiger charge is -2.48. The van der Waals surface area contributed by atoms with Gasteiger partial charge in [0.05, 0.1) is 12.7 Å². The summed E-state index contributed by atoms with van der Waals surface area (Å²) in [5.41, 5.74) is 0.255. The summed E-state index contributed by atoms with van der Waals surface area (Å²) in [6.07, 6.45) is 4.07. The lowest BCUT2D eigenvalue weighted by molar-refractivity contribution is 0.0381. The first kappa shape index (κ1) is 14.5. The van der Waals surface area contributed by atoms with Gasteiger partial charge in [0.15, 0.2) is 5.76 Å². The number of nitrogens with zero attached hydrogens (tertiary/aromatic N) is 2. The highest BCUT2D eigenvalue weighted by Crippen LogP contribution is 2.26. The Morgan fingerprint density at radius 2 is 2.21 bits per heavy atom. The zero-order chi connectivity index (χ0) is 13.9. The van der Waals surface area contributed by atoms with Crippen LogP contribution in [-0.4, -0.2) is 34.7 Å². The molecule has 108 valence electrons. The number of piperazine rings is 1. The minimum atomic E-state index is 0.255. The third kappa shape index (κ3) is 3.18. The van der Waals surface area contributed by atoms with E-state index >= 15 is 0 Å². The number of hydrogen-bond acceptors (Lipinski definition) is 4. The standard InChI is InChI=1S/C15H27N3O/c1-5-15(6-2)11-18(10-13-7-8-17-19-13)14(9-16-15)12(3)4/h7-8,12,14,16H,5-6,9-11H2,1-4H3. The quantitative estimate of drug-likeness (QED) is 0.888. The summed E-state index contributed by atoms with van der Waals surface area (Å²) in [4.78, 5) is 2.56. The third-order valence-corrected chi connectivity index (χ3v) is 4.63. The van der Waals surface area contributed by atoms with Crippen LogP contribution in [0.4, 0.5) is 0 Å². The van der Waals surface area contributed by atoms with Crippen molar-refractivity contribution in [1.29, 1.82) is 0 Å². The zero-order valence-corrected chi connectivity index (χ0v) is 12.6. The number of hydrogen-bond donors (Lipinski definition) is 1. The van der Waals surface area contributed by atoms with Crippen molar-refractivity contribution < 1.29 is 4.52 Å². The second-order valence-corrected chi connectivity index (χ2v) is 6.06. The molecule has 2 rings (SSSR count). The van der Waals surface area contributed by atoms with Crippen molar-refractivity contribution in [3.05, 3.63) is 18.0 Å². The SMILES string of the molecule is CCC1(CC)CN(Cc2ccno2)C(C(C)C)CN1. The summed E-state index contributed by atoms with van der Waals surface area (Å²) in [6.45, 7) is 12.2. The van der Waals surface area contributed by atoms with E-state index in [9.17, 15) is 0 Å². The Morgan fingerprint density at radius 3 is 2.74 bits per heavy atom. The normalized spacial score (nSPS) is 23.9. The van der Waals surface area contributed by atoms with Crippen LogP contribution >= 0.6 is 0 Å². The highest BCUT2D eigenvalue weighted by atomic mass is 16.5. The van der Waals surface area contributed by atoms with E-state index in [0.717, 1.165) is 25.4 Å². The molecular weight excluding hydrogens is 238 g/mol. The van der Waals surface area contributed by atoms with Crippen LogP contribution in [0.5, 0.6) is 0 Å². The second-order valence-electron chi connectivity index (χ2n) is 6.06. The van der Waals surface area contributed by atoms with Gasteiger partial charge in [-0.25, -0.2) is 0 Å². The number of nitrogens with one attached hydrogen (secondary N) is 1. The molecule has 2 heterocycles. The molecule has 0 radical (unpaired) electrons. The molecule has 1 aliphatic heterocycles. The van der Waals surface area contributed by atoms with E-state index in [1.165, 1.54) is 12.8 Å². The van der Waals surface area contributed by atoms with Crippen LogP contribution in [0, 0.1) is 5.92 Å². The Bertz CT molecular complexity index is 371. The Balaban J connectivity index is 2.12. The van der Waals surface area contributed by atoms with Crippen molar-refractivity contribution in [2.45, 2.75) is 58.7 Å². The van der Waals surface area contributed by atoms with E-state index in [2.05, 4.69) is 43.1 Å². The van der Waals surface area contributed by atoms with Crippen molar-refractivity contribution in [2.75, 3.05) is 13.1 Å². The molecule has 0 saturated carbocycles. The summed E-state index contributed by atoms with van der Waals surface area (Å²) < 4.78 is 5.29.